The van der Waals surface area contributed by atoms with Gasteiger partial charge in [0.2, 0.25) is 0 Å². The number of amides is 1. The van der Waals surface area contributed by atoms with Crippen molar-refractivity contribution in [3.05, 3.63) is 113 Å². The lowest BCUT2D eigenvalue weighted by atomic mass is 9.95. The number of carbonyl (C=O) groups is 2. The zero-order chi connectivity index (χ0) is 20.4. The van der Waals surface area contributed by atoms with E-state index in [1.54, 1.807) is 12.1 Å². The lowest BCUT2D eigenvalue weighted by molar-refractivity contribution is -0.140. The standard InChI is InChI=1S/C25H21NO3/c1-17-12-14-20(15-13-17)23(27)21-22(19-10-6-3-7-11-19)26(25(29)24(21)28)16-18-8-4-2-5-9-18/h2-15,22,27H,16H2,1H3/b23-21+. The van der Waals surface area contributed by atoms with Gasteiger partial charge in [0.1, 0.15) is 5.76 Å². The Morgan fingerprint density at radius 2 is 1.45 bits per heavy atom. The van der Waals surface area contributed by atoms with Gasteiger partial charge in [-0.25, -0.2) is 0 Å². The number of likely N-dealkylation sites (tertiary alicyclic amines) is 1. The van der Waals surface area contributed by atoms with Gasteiger partial charge in [0, 0.05) is 12.1 Å². The van der Waals surface area contributed by atoms with Gasteiger partial charge in [-0.3, -0.25) is 9.59 Å². The van der Waals surface area contributed by atoms with Crippen LogP contribution >= 0.6 is 0 Å². The molecule has 1 aliphatic heterocycles. The van der Waals surface area contributed by atoms with Crippen LogP contribution in [0.2, 0.25) is 0 Å². The van der Waals surface area contributed by atoms with Crippen LogP contribution in [0, 0.1) is 6.92 Å². The lowest BCUT2D eigenvalue weighted by Crippen LogP contribution is -2.29. The van der Waals surface area contributed by atoms with E-state index in [4.69, 9.17) is 0 Å². The number of benzene rings is 3. The highest BCUT2D eigenvalue weighted by molar-refractivity contribution is 6.46. The van der Waals surface area contributed by atoms with E-state index in [9.17, 15) is 14.7 Å². The van der Waals surface area contributed by atoms with Crippen LogP contribution in [-0.4, -0.2) is 21.7 Å². The molecule has 144 valence electrons. The lowest BCUT2D eigenvalue weighted by Gasteiger charge is -2.25. The van der Waals surface area contributed by atoms with Gasteiger partial charge in [-0.15, -0.1) is 0 Å². The molecule has 3 aromatic rings. The highest BCUT2D eigenvalue weighted by Crippen LogP contribution is 2.40. The number of aryl methyl sites for hydroxylation is 1. The van der Waals surface area contributed by atoms with Crippen molar-refractivity contribution >= 4 is 17.4 Å². The molecule has 1 N–H and O–H groups in total. The molecule has 1 fully saturated rings. The zero-order valence-electron chi connectivity index (χ0n) is 16.1. The predicted molar refractivity (Wildman–Crippen MR) is 112 cm³/mol. The van der Waals surface area contributed by atoms with Gasteiger partial charge in [-0.1, -0.05) is 90.5 Å². The van der Waals surface area contributed by atoms with Crippen LogP contribution in [0.1, 0.15) is 28.3 Å². The molecule has 1 heterocycles. The molecule has 0 radical (unpaired) electrons. The molecule has 0 bridgehead atoms. The van der Waals surface area contributed by atoms with Gasteiger partial charge in [0.15, 0.2) is 0 Å². The summed E-state index contributed by atoms with van der Waals surface area (Å²) in [7, 11) is 0. The average Bonchev–Trinajstić information content (AvgIpc) is 3.00. The normalized spacial score (nSPS) is 18.2. The maximum absolute atomic E-state index is 13.0. The van der Waals surface area contributed by atoms with Crippen LogP contribution in [0.4, 0.5) is 0 Å². The number of ketones is 1. The van der Waals surface area contributed by atoms with Crippen LogP contribution in [0.15, 0.2) is 90.5 Å². The maximum atomic E-state index is 13.0. The molecule has 0 spiro atoms. The minimum Gasteiger partial charge on any atom is -0.507 e. The smallest absolute Gasteiger partial charge is 0.295 e. The summed E-state index contributed by atoms with van der Waals surface area (Å²) in [6, 6.07) is 25.5. The summed E-state index contributed by atoms with van der Waals surface area (Å²) >= 11 is 0. The van der Waals surface area contributed by atoms with E-state index >= 15 is 0 Å². The van der Waals surface area contributed by atoms with E-state index in [-0.39, 0.29) is 17.9 Å². The average molecular weight is 383 g/mol. The summed E-state index contributed by atoms with van der Waals surface area (Å²) < 4.78 is 0. The van der Waals surface area contributed by atoms with Gasteiger partial charge >= 0.3 is 0 Å². The van der Waals surface area contributed by atoms with E-state index in [2.05, 4.69) is 0 Å². The second-order valence-corrected chi connectivity index (χ2v) is 7.19. The van der Waals surface area contributed by atoms with Crippen molar-refractivity contribution in [3.63, 3.8) is 0 Å². The fourth-order valence-electron chi connectivity index (χ4n) is 3.67. The SMILES string of the molecule is Cc1ccc(/C(O)=C2\C(=O)C(=O)N(Cc3ccccc3)C2c2ccccc2)cc1. The van der Waals surface area contributed by atoms with Crippen molar-refractivity contribution in [3.8, 4) is 0 Å². The van der Waals surface area contributed by atoms with Crippen LogP contribution in [-0.2, 0) is 16.1 Å². The van der Waals surface area contributed by atoms with E-state index < -0.39 is 17.7 Å². The van der Waals surface area contributed by atoms with Crippen LogP contribution < -0.4 is 0 Å². The van der Waals surface area contributed by atoms with Crippen molar-refractivity contribution in [1.82, 2.24) is 4.90 Å². The van der Waals surface area contributed by atoms with Gasteiger partial charge in [0.05, 0.1) is 11.6 Å². The quantitative estimate of drug-likeness (QED) is 0.406. The monoisotopic (exact) mass is 383 g/mol. The summed E-state index contributed by atoms with van der Waals surface area (Å²) in [5.74, 6) is -1.41. The van der Waals surface area contributed by atoms with Crippen LogP contribution in [0.25, 0.3) is 5.76 Å². The molecule has 1 amide bonds. The van der Waals surface area contributed by atoms with Gasteiger partial charge in [-0.05, 0) is 18.1 Å². The van der Waals surface area contributed by atoms with Gasteiger partial charge < -0.3 is 10.0 Å². The summed E-state index contributed by atoms with van der Waals surface area (Å²) in [5, 5.41) is 11.0. The number of carbonyl (C=O) groups excluding carboxylic acids is 2. The van der Waals surface area contributed by atoms with Gasteiger partial charge in [-0.2, -0.15) is 0 Å². The molecule has 4 rings (SSSR count). The fraction of sp³-hybridized carbons (Fsp3) is 0.120. The molecular formula is C25H21NO3. The van der Waals surface area contributed by atoms with Crippen molar-refractivity contribution in [2.45, 2.75) is 19.5 Å². The molecule has 3 aromatic carbocycles. The zero-order valence-corrected chi connectivity index (χ0v) is 16.1. The van der Waals surface area contributed by atoms with E-state index in [0.29, 0.717) is 5.56 Å². The number of hydrogen-bond acceptors (Lipinski definition) is 3. The molecule has 0 aromatic heterocycles. The molecule has 1 unspecified atom stereocenters. The number of hydrogen-bond donors (Lipinski definition) is 1. The molecule has 0 aliphatic carbocycles. The topological polar surface area (TPSA) is 57.6 Å². The highest BCUT2D eigenvalue weighted by atomic mass is 16.3. The Hall–Kier alpha value is -3.66. The summed E-state index contributed by atoms with van der Waals surface area (Å²) in [6.45, 7) is 2.24. The van der Waals surface area contributed by atoms with E-state index in [1.807, 2.05) is 79.7 Å². The molecule has 4 nitrogen and oxygen atoms in total. The minimum atomic E-state index is -0.659. The molecular weight excluding hydrogens is 362 g/mol. The Morgan fingerprint density at radius 3 is 2.07 bits per heavy atom. The molecule has 0 saturated carbocycles. The third-order valence-electron chi connectivity index (χ3n) is 5.18. The Labute approximate surface area is 169 Å². The van der Waals surface area contributed by atoms with Crippen molar-refractivity contribution in [1.29, 1.82) is 0 Å². The van der Waals surface area contributed by atoms with E-state index in [1.165, 1.54) is 4.90 Å². The second kappa shape index (κ2) is 7.76. The van der Waals surface area contributed by atoms with Crippen molar-refractivity contribution in [2.24, 2.45) is 0 Å². The van der Waals surface area contributed by atoms with Crippen molar-refractivity contribution < 1.29 is 14.7 Å². The number of nitrogens with zero attached hydrogens (tertiary/aromatic N) is 1. The number of aliphatic hydroxyl groups is 1. The van der Waals surface area contributed by atoms with Crippen LogP contribution in [0.3, 0.4) is 0 Å². The third kappa shape index (κ3) is 3.57. The Bertz CT molecular complexity index is 1070. The summed E-state index contributed by atoms with van der Waals surface area (Å²) in [6.07, 6.45) is 0. The largest absolute Gasteiger partial charge is 0.507 e. The molecule has 4 heteroatoms. The van der Waals surface area contributed by atoms with Crippen LogP contribution in [0.5, 0.6) is 0 Å². The number of rotatable bonds is 4. The maximum Gasteiger partial charge on any atom is 0.295 e. The summed E-state index contributed by atoms with van der Waals surface area (Å²) in [4.78, 5) is 27.4. The highest BCUT2D eigenvalue weighted by Gasteiger charge is 2.45. The summed E-state index contributed by atoms with van der Waals surface area (Å²) in [5.41, 5.74) is 3.41. The van der Waals surface area contributed by atoms with Crippen molar-refractivity contribution in [2.75, 3.05) is 0 Å². The predicted octanol–water partition coefficient (Wildman–Crippen LogP) is 4.62. The number of Topliss-reactive ketones (excluding diaryl/α,β-unsaturated/α-hetero) is 1. The molecule has 1 saturated heterocycles. The van der Waals surface area contributed by atoms with Gasteiger partial charge in [0.25, 0.3) is 11.7 Å². The second-order valence-electron chi connectivity index (χ2n) is 7.19. The fourth-order valence-corrected chi connectivity index (χ4v) is 3.67. The van der Waals surface area contributed by atoms with E-state index in [0.717, 1.165) is 16.7 Å². The molecule has 1 aliphatic rings. The minimum absolute atomic E-state index is 0.126. The molecule has 29 heavy (non-hydrogen) atoms. The Balaban J connectivity index is 1.85. The first-order valence-corrected chi connectivity index (χ1v) is 9.50. The molecule has 1 atom stereocenters. The first-order valence-electron chi connectivity index (χ1n) is 9.50. The Morgan fingerprint density at radius 1 is 0.862 bits per heavy atom. The first-order chi connectivity index (χ1) is 14.1. The number of aliphatic hydroxyl groups excluding tert-OH is 1. The first kappa shape index (κ1) is 18.7. The Kier molecular flexibility index (Phi) is 5.00. The third-order valence-corrected chi connectivity index (χ3v) is 5.18.